The Kier molecular flexibility index (Phi) is 2.89. The highest BCUT2D eigenvalue weighted by Gasteiger charge is 2.27. The van der Waals surface area contributed by atoms with Crippen molar-refractivity contribution in [3.63, 3.8) is 0 Å². The van der Waals surface area contributed by atoms with Crippen LogP contribution in [0.4, 0.5) is 0 Å². The van der Waals surface area contributed by atoms with Crippen molar-refractivity contribution in [3.05, 3.63) is 35.5 Å². The maximum Gasteiger partial charge on any atom is 0.196 e. The number of rotatable bonds is 2. The number of aromatic nitrogens is 1. The number of carbonyl (C=O) groups excluding carboxylic acids is 1. The Morgan fingerprint density at radius 2 is 2.17 bits per heavy atom. The number of para-hydroxylation sites is 1. The number of aromatic amines is 1. The van der Waals surface area contributed by atoms with Crippen LogP contribution in [0.25, 0.3) is 10.9 Å². The molecule has 1 atom stereocenters. The Balaban J connectivity index is 2.02. The van der Waals surface area contributed by atoms with E-state index in [2.05, 4.69) is 4.98 Å². The lowest BCUT2D eigenvalue weighted by Crippen LogP contribution is -2.35. The molecule has 4 nitrogen and oxygen atoms in total. The van der Waals surface area contributed by atoms with Crippen molar-refractivity contribution in [2.45, 2.75) is 13.0 Å². The standard InChI is InChI=1S/C14H15NO3/c1-9-13(10-4-2-3-5-11(10)15-9)14(16)12-8-17-6-7-18-12/h2-5,12,15H,6-8H2,1H3. The van der Waals surface area contributed by atoms with Gasteiger partial charge in [-0.3, -0.25) is 4.79 Å². The second kappa shape index (κ2) is 4.55. The van der Waals surface area contributed by atoms with E-state index in [1.54, 1.807) is 0 Å². The molecule has 1 unspecified atom stereocenters. The number of Topliss-reactive ketones (excluding diaryl/α,β-unsaturated/α-hetero) is 1. The molecule has 1 aromatic heterocycles. The molecule has 3 rings (SSSR count). The molecule has 1 saturated heterocycles. The molecule has 1 N–H and O–H groups in total. The van der Waals surface area contributed by atoms with Crippen LogP contribution in [0.1, 0.15) is 16.1 Å². The SMILES string of the molecule is Cc1[nH]c2ccccc2c1C(=O)C1COCCO1. The van der Waals surface area contributed by atoms with Crippen molar-refractivity contribution < 1.29 is 14.3 Å². The summed E-state index contributed by atoms with van der Waals surface area (Å²) in [6.45, 7) is 3.31. The van der Waals surface area contributed by atoms with Crippen LogP contribution in [0.2, 0.25) is 0 Å². The lowest BCUT2D eigenvalue weighted by Gasteiger charge is -2.21. The lowest BCUT2D eigenvalue weighted by molar-refractivity contribution is -0.0718. The summed E-state index contributed by atoms with van der Waals surface area (Å²) in [4.78, 5) is 15.7. The minimum atomic E-state index is -0.475. The number of fused-ring (bicyclic) bond motifs is 1. The quantitative estimate of drug-likeness (QED) is 0.824. The first-order valence-electron chi connectivity index (χ1n) is 6.08. The van der Waals surface area contributed by atoms with Crippen molar-refractivity contribution in [2.24, 2.45) is 0 Å². The summed E-state index contributed by atoms with van der Waals surface area (Å²) < 4.78 is 10.8. The average Bonchev–Trinajstić information content (AvgIpc) is 2.75. The fraction of sp³-hybridized carbons (Fsp3) is 0.357. The van der Waals surface area contributed by atoms with E-state index in [4.69, 9.17) is 9.47 Å². The maximum atomic E-state index is 12.5. The third kappa shape index (κ3) is 1.83. The minimum Gasteiger partial charge on any atom is -0.376 e. The number of benzene rings is 1. The molecule has 94 valence electrons. The van der Waals surface area contributed by atoms with Crippen LogP contribution in [0.15, 0.2) is 24.3 Å². The number of H-pyrrole nitrogens is 1. The number of ketones is 1. The summed E-state index contributed by atoms with van der Waals surface area (Å²) in [5.41, 5.74) is 2.59. The molecule has 0 radical (unpaired) electrons. The van der Waals surface area contributed by atoms with Crippen molar-refractivity contribution in [1.29, 1.82) is 0 Å². The maximum absolute atomic E-state index is 12.5. The fourth-order valence-corrected chi connectivity index (χ4v) is 2.39. The molecule has 1 aliphatic heterocycles. The van der Waals surface area contributed by atoms with Gasteiger partial charge in [0.15, 0.2) is 5.78 Å². The van der Waals surface area contributed by atoms with Gasteiger partial charge in [-0.2, -0.15) is 0 Å². The highest BCUT2D eigenvalue weighted by molar-refractivity contribution is 6.11. The molecule has 18 heavy (non-hydrogen) atoms. The molecule has 2 heterocycles. The molecule has 0 saturated carbocycles. The van der Waals surface area contributed by atoms with Gasteiger partial charge in [-0.1, -0.05) is 18.2 Å². The van der Waals surface area contributed by atoms with E-state index in [9.17, 15) is 4.79 Å². The molecule has 1 aromatic carbocycles. The molecule has 2 aromatic rings. The zero-order valence-electron chi connectivity index (χ0n) is 10.2. The van der Waals surface area contributed by atoms with Crippen LogP contribution < -0.4 is 0 Å². The minimum absolute atomic E-state index is 0.00431. The van der Waals surface area contributed by atoms with Crippen LogP contribution in [-0.4, -0.2) is 36.7 Å². The molecule has 0 bridgehead atoms. The second-order valence-electron chi connectivity index (χ2n) is 4.47. The van der Waals surface area contributed by atoms with Gasteiger partial charge >= 0.3 is 0 Å². The highest BCUT2D eigenvalue weighted by Crippen LogP contribution is 2.24. The molecule has 0 amide bonds. The largest absolute Gasteiger partial charge is 0.376 e. The smallest absolute Gasteiger partial charge is 0.196 e. The third-order valence-electron chi connectivity index (χ3n) is 3.25. The number of carbonyl (C=O) groups is 1. The monoisotopic (exact) mass is 245 g/mol. The van der Waals surface area contributed by atoms with Crippen molar-refractivity contribution in [1.82, 2.24) is 4.98 Å². The highest BCUT2D eigenvalue weighted by atomic mass is 16.6. The normalized spacial score (nSPS) is 20.2. The summed E-state index contributed by atoms with van der Waals surface area (Å²) in [7, 11) is 0. The number of hydrogen-bond acceptors (Lipinski definition) is 3. The Morgan fingerprint density at radius 3 is 2.94 bits per heavy atom. The first kappa shape index (κ1) is 11.4. The fourth-order valence-electron chi connectivity index (χ4n) is 2.39. The first-order chi connectivity index (χ1) is 8.77. The van der Waals surface area contributed by atoms with Crippen LogP contribution in [0.5, 0.6) is 0 Å². The lowest BCUT2D eigenvalue weighted by atomic mass is 10.0. The first-order valence-corrected chi connectivity index (χ1v) is 6.08. The van der Waals surface area contributed by atoms with Crippen LogP contribution in [0, 0.1) is 6.92 Å². The molecule has 0 aliphatic carbocycles. The van der Waals surface area contributed by atoms with Crippen molar-refractivity contribution in [2.75, 3.05) is 19.8 Å². The number of hydrogen-bond donors (Lipinski definition) is 1. The number of aryl methyl sites for hydroxylation is 1. The van der Waals surface area contributed by atoms with E-state index < -0.39 is 6.10 Å². The Hall–Kier alpha value is -1.65. The predicted molar refractivity (Wildman–Crippen MR) is 67.9 cm³/mol. The van der Waals surface area contributed by atoms with Gasteiger partial charge in [0.2, 0.25) is 0 Å². The van der Waals surface area contributed by atoms with Gasteiger partial charge in [0.05, 0.1) is 19.8 Å². The summed E-state index contributed by atoms with van der Waals surface area (Å²) >= 11 is 0. The average molecular weight is 245 g/mol. The van der Waals surface area contributed by atoms with Gasteiger partial charge in [-0.15, -0.1) is 0 Å². The van der Waals surface area contributed by atoms with Crippen LogP contribution in [-0.2, 0) is 9.47 Å². The van der Waals surface area contributed by atoms with Crippen LogP contribution in [0.3, 0.4) is 0 Å². The summed E-state index contributed by atoms with van der Waals surface area (Å²) in [6, 6.07) is 7.81. The van der Waals surface area contributed by atoms with Gasteiger partial charge < -0.3 is 14.5 Å². The van der Waals surface area contributed by atoms with Gasteiger partial charge in [0.25, 0.3) is 0 Å². The Labute approximate surface area is 105 Å². The van der Waals surface area contributed by atoms with Gasteiger partial charge in [-0.25, -0.2) is 0 Å². The second-order valence-corrected chi connectivity index (χ2v) is 4.47. The Morgan fingerprint density at radius 1 is 1.33 bits per heavy atom. The molecular formula is C14H15NO3. The molecular weight excluding hydrogens is 230 g/mol. The van der Waals surface area contributed by atoms with Gasteiger partial charge in [-0.05, 0) is 13.0 Å². The molecule has 0 spiro atoms. The van der Waals surface area contributed by atoms with Crippen LogP contribution >= 0.6 is 0 Å². The molecule has 1 fully saturated rings. The Bertz CT molecular complexity index is 582. The zero-order chi connectivity index (χ0) is 12.5. The molecule has 1 aliphatic rings. The molecule has 4 heteroatoms. The van der Waals surface area contributed by atoms with Crippen molar-refractivity contribution in [3.8, 4) is 0 Å². The topological polar surface area (TPSA) is 51.3 Å². The van der Waals surface area contributed by atoms with Crippen molar-refractivity contribution >= 4 is 16.7 Å². The third-order valence-corrected chi connectivity index (χ3v) is 3.25. The summed E-state index contributed by atoms with van der Waals surface area (Å²) in [6.07, 6.45) is -0.475. The van der Waals surface area contributed by atoms with E-state index in [0.29, 0.717) is 19.8 Å². The predicted octanol–water partition coefficient (Wildman–Crippen LogP) is 2.07. The number of ether oxygens (including phenoxy) is 2. The van der Waals surface area contributed by atoms with Gasteiger partial charge in [0, 0.05) is 22.2 Å². The summed E-state index contributed by atoms with van der Waals surface area (Å²) in [5.74, 6) is 0.00431. The zero-order valence-corrected chi connectivity index (χ0v) is 10.2. The van der Waals surface area contributed by atoms with E-state index in [-0.39, 0.29) is 5.78 Å². The van der Waals surface area contributed by atoms with Gasteiger partial charge in [0.1, 0.15) is 6.10 Å². The van der Waals surface area contributed by atoms with E-state index in [1.807, 2.05) is 31.2 Å². The van der Waals surface area contributed by atoms with E-state index in [0.717, 1.165) is 22.2 Å². The summed E-state index contributed by atoms with van der Waals surface area (Å²) in [5, 5.41) is 0.953. The van der Waals surface area contributed by atoms with E-state index >= 15 is 0 Å². The van der Waals surface area contributed by atoms with E-state index in [1.165, 1.54) is 0 Å². The number of nitrogens with one attached hydrogen (secondary N) is 1.